The molecule has 3 rings (SSSR count). The SMILES string of the molecule is CCCOc1ccc(/C=C/C(=O)OC(C)c2nc3ccccc3n2C(F)F)cc1OC. The van der Waals surface area contributed by atoms with Gasteiger partial charge in [-0.2, -0.15) is 8.78 Å². The lowest BCUT2D eigenvalue weighted by atomic mass is 10.2. The van der Waals surface area contributed by atoms with Gasteiger partial charge >= 0.3 is 12.5 Å². The van der Waals surface area contributed by atoms with Crippen molar-refractivity contribution in [3.05, 3.63) is 59.9 Å². The van der Waals surface area contributed by atoms with Crippen LogP contribution in [0.2, 0.25) is 0 Å². The van der Waals surface area contributed by atoms with Crippen LogP contribution in [-0.2, 0) is 9.53 Å². The number of rotatable bonds is 9. The number of benzene rings is 2. The zero-order valence-corrected chi connectivity index (χ0v) is 17.5. The van der Waals surface area contributed by atoms with Crippen LogP contribution < -0.4 is 9.47 Å². The molecule has 0 aliphatic carbocycles. The van der Waals surface area contributed by atoms with Crippen molar-refractivity contribution in [3.63, 3.8) is 0 Å². The predicted octanol–water partition coefficient (Wildman–Crippen LogP) is 5.55. The molecule has 2 aromatic carbocycles. The smallest absolute Gasteiger partial charge is 0.331 e. The molecular weight excluding hydrogens is 406 g/mol. The second kappa shape index (κ2) is 10.1. The Morgan fingerprint density at radius 1 is 1.19 bits per heavy atom. The fourth-order valence-electron chi connectivity index (χ4n) is 3.10. The van der Waals surface area contributed by atoms with Crippen LogP contribution in [0, 0.1) is 0 Å². The lowest BCUT2D eigenvalue weighted by Gasteiger charge is -2.14. The molecule has 1 atom stereocenters. The molecule has 1 unspecified atom stereocenters. The minimum atomic E-state index is -2.81. The van der Waals surface area contributed by atoms with E-state index in [1.807, 2.05) is 6.92 Å². The second-order valence-electron chi connectivity index (χ2n) is 6.78. The van der Waals surface area contributed by atoms with E-state index in [2.05, 4.69) is 4.98 Å². The molecular formula is C23H24F2N2O4. The van der Waals surface area contributed by atoms with Crippen molar-refractivity contribution < 1.29 is 27.8 Å². The molecule has 164 valence electrons. The van der Waals surface area contributed by atoms with Gasteiger partial charge in [-0.1, -0.05) is 25.1 Å². The van der Waals surface area contributed by atoms with E-state index in [9.17, 15) is 13.6 Å². The molecule has 31 heavy (non-hydrogen) atoms. The van der Waals surface area contributed by atoms with E-state index >= 15 is 0 Å². The minimum absolute atomic E-state index is 0.0166. The van der Waals surface area contributed by atoms with Gasteiger partial charge in [0.1, 0.15) is 0 Å². The molecule has 0 fully saturated rings. The van der Waals surface area contributed by atoms with Gasteiger partial charge in [0.15, 0.2) is 23.4 Å². The standard InChI is InChI=1S/C23H24F2N2O4/c1-4-13-30-19-11-9-16(14-20(19)29-3)10-12-21(28)31-15(2)22-26-17-7-5-6-8-18(17)27(22)23(24)25/h5-12,14-15,23H,4,13H2,1-3H3/b12-10+. The minimum Gasteiger partial charge on any atom is -0.493 e. The van der Waals surface area contributed by atoms with E-state index in [0.29, 0.717) is 29.2 Å². The number of imidazole rings is 1. The third kappa shape index (κ3) is 5.20. The average molecular weight is 430 g/mol. The van der Waals surface area contributed by atoms with Gasteiger partial charge in [0.2, 0.25) is 0 Å². The third-order valence-electron chi connectivity index (χ3n) is 4.54. The summed E-state index contributed by atoms with van der Waals surface area (Å²) in [5, 5.41) is 0. The molecule has 1 aromatic heterocycles. The highest BCUT2D eigenvalue weighted by Gasteiger charge is 2.23. The highest BCUT2D eigenvalue weighted by Crippen LogP contribution is 2.30. The number of ether oxygens (including phenoxy) is 3. The average Bonchev–Trinajstić information content (AvgIpc) is 3.16. The first-order valence-electron chi connectivity index (χ1n) is 9.89. The quantitative estimate of drug-likeness (QED) is 0.329. The highest BCUT2D eigenvalue weighted by atomic mass is 19.3. The summed E-state index contributed by atoms with van der Waals surface area (Å²) in [6, 6.07) is 11.8. The first kappa shape index (κ1) is 22.3. The molecule has 0 amide bonds. The highest BCUT2D eigenvalue weighted by molar-refractivity contribution is 5.87. The molecule has 0 spiro atoms. The second-order valence-corrected chi connectivity index (χ2v) is 6.78. The molecule has 0 aliphatic rings. The van der Waals surface area contributed by atoms with Gasteiger partial charge in [-0.3, -0.25) is 4.57 Å². The summed E-state index contributed by atoms with van der Waals surface area (Å²) in [6.07, 6.45) is 2.69. The van der Waals surface area contributed by atoms with Crippen LogP contribution in [-0.4, -0.2) is 29.2 Å². The normalized spacial score (nSPS) is 12.5. The molecule has 1 heterocycles. The maximum Gasteiger partial charge on any atom is 0.331 e. The number of esters is 1. The maximum absolute atomic E-state index is 13.6. The molecule has 0 N–H and O–H groups in total. The number of nitrogens with zero attached hydrogens (tertiary/aromatic N) is 2. The van der Waals surface area contributed by atoms with Gasteiger partial charge in [-0.15, -0.1) is 0 Å². The Bertz CT molecular complexity index is 1080. The number of alkyl halides is 2. The Balaban J connectivity index is 1.73. The van der Waals surface area contributed by atoms with Crippen molar-refractivity contribution in [2.75, 3.05) is 13.7 Å². The number of aromatic nitrogens is 2. The molecule has 8 heteroatoms. The molecule has 0 saturated heterocycles. The van der Waals surface area contributed by atoms with Crippen LogP contribution >= 0.6 is 0 Å². The first-order valence-corrected chi connectivity index (χ1v) is 9.89. The van der Waals surface area contributed by atoms with E-state index in [-0.39, 0.29) is 11.3 Å². The number of fused-ring (bicyclic) bond motifs is 1. The molecule has 3 aromatic rings. The zero-order valence-electron chi connectivity index (χ0n) is 17.5. The third-order valence-corrected chi connectivity index (χ3v) is 4.54. The Hall–Kier alpha value is -3.42. The Morgan fingerprint density at radius 3 is 2.68 bits per heavy atom. The van der Waals surface area contributed by atoms with E-state index in [1.165, 1.54) is 20.1 Å². The van der Waals surface area contributed by atoms with Crippen LogP contribution in [0.15, 0.2) is 48.5 Å². The van der Waals surface area contributed by atoms with E-state index in [0.717, 1.165) is 11.0 Å². The van der Waals surface area contributed by atoms with Crippen molar-refractivity contribution in [3.8, 4) is 11.5 Å². The number of hydrogen-bond donors (Lipinski definition) is 0. The summed E-state index contributed by atoms with van der Waals surface area (Å²) in [6.45, 7) is 1.28. The van der Waals surface area contributed by atoms with Crippen molar-refractivity contribution >= 4 is 23.1 Å². The molecule has 0 bridgehead atoms. The summed E-state index contributed by atoms with van der Waals surface area (Å²) < 4.78 is 44.2. The van der Waals surface area contributed by atoms with Gasteiger partial charge in [0.25, 0.3) is 0 Å². The van der Waals surface area contributed by atoms with Crippen LogP contribution in [0.3, 0.4) is 0 Å². The molecule has 0 radical (unpaired) electrons. The molecule has 0 aliphatic heterocycles. The number of hydrogen-bond acceptors (Lipinski definition) is 5. The number of halogens is 2. The van der Waals surface area contributed by atoms with Crippen molar-refractivity contribution in [2.45, 2.75) is 32.9 Å². The summed E-state index contributed by atoms with van der Waals surface area (Å²) in [7, 11) is 1.53. The van der Waals surface area contributed by atoms with Crippen molar-refractivity contribution in [2.24, 2.45) is 0 Å². The van der Waals surface area contributed by atoms with E-state index in [4.69, 9.17) is 14.2 Å². The summed E-state index contributed by atoms with van der Waals surface area (Å²) in [5.74, 6) is 0.467. The molecule has 0 saturated carbocycles. The monoisotopic (exact) mass is 430 g/mol. The fraction of sp³-hybridized carbons (Fsp3) is 0.304. The summed E-state index contributed by atoms with van der Waals surface area (Å²) in [5.41, 5.74) is 1.39. The number of para-hydroxylation sites is 2. The fourth-order valence-corrected chi connectivity index (χ4v) is 3.10. The zero-order chi connectivity index (χ0) is 22.4. The Kier molecular flexibility index (Phi) is 7.23. The Labute approximate surface area is 179 Å². The van der Waals surface area contributed by atoms with Gasteiger partial charge in [-0.05, 0) is 49.2 Å². The van der Waals surface area contributed by atoms with Crippen molar-refractivity contribution in [1.82, 2.24) is 9.55 Å². The largest absolute Gasteiger partial charge is 0.493 e. The first-order chi connectivity index (χ1) is 14.9. The van der Waals surface area contributed by atoms with Crippen LogP contribution in [0.5, 0.6) is 11.5 Å². The maximum atomic E-state index is 13.6. The summed E-state index contributed by atoms with van der Waals surface area (Å²) >= 11 is 0. The van der Waals surface area contributed by atoms with Crippen LogP contribution in [0.4, 0.5) is 8.78 Å². The topological polar surface area (TPSA) is 62.6 Å². The van der Waals surface area contributed by atoms with Gasteiger partial charge in [0, 0.05) is 6.08 Å². The van der Waals surface area contributed by atoms with Gasteiger partial charge in [0.05, 0.1) is 24.8 Å². The van der Waals surface area contributed by atoms with Gasteiger partial charge in [-0.25, -0.2) is 9.78 Å². The van der Waals surface area contributed by atoms with Crippen molar-refractivity contribution in [1.29, 1.82) is 0 Å². The number of methoxy groups -OCH3 is 1. The summed E-state index contributed by atoms with van der Waals surface area (Å²) in [4.78, 5) is 16.5. The van der Waals surface area contributed by atoms with Gasteiger partial charge < -0.3 is 14.2 Å². The predicted molar refractivity (Wildman–Crippen MR) is 113 cm³/mol. The van der Waals surface area contributed by atoms with E-state index in [1.54, 1.807) is 48.5 Å². The number of carbonyl (C=O) groups excluding carboxylic acids is 1. The van der Waals surface area contributed by atoms with E-state index < -0.39 is 18.6 Å². The molecule has 6 nitrogen and oxygen atoms in total. The lowest BCUT2D eigenvalue weighted by Crippen LogP contribution is -2.13. The van der Waals surface area contributed by atoms with Crippen LogP contribution in [0.1, 0.15) is 44.3 Å². The number of carbonyl (C=O) groups is 1. The Morgan fingerprint density at radius 2 is 1.97 bits per heavy atom. The lowest BCUT2D eigenvalue weighted by molar-refractivity contribution is -0.143. The van der Waals surface area contributed by atoms with Crippen LogP contribution in [0.25, 0.3) is 17.1 Å².